The molecule has 5 N–H and O–H groups in total. The number of benzene rings is 2. The zero-order valence-electron chi connectivity index (χ0n) is 15.1. The molecular weight excluding hydrogens is 340 g/mol. The van der Waals surface area contributed by atoms with E-state index in [0.717, 1.165) is 21.9 Å². The van der Waals surface area contributed by atoms with Crippen molar-refractivity contribution in [2.75, 3.05) is 11.1 Å². The van der Waals surface area contributed by atoms with Crippen LogP contribution in [-0.4, -0.2) is 21.7 Å². The summed E-state index contributed by atoms with van der Waals surface area (Å²) in [5.74, 6) is -0.175. The van der Waals surface area contributed by atoms with E-state index in [-0.39, 0.29) is 17.6 Å². The molecule has 27 heavy (non-hydrogen) atoms. The monoisotopic (exact) mass is 360 g/mol. The quantitative estimate of drug-likeness (QED) is 0.322. The smallest absolute Gasteiger partial charge is 0.255 e. The molecule has 0 aliphatic heterocycles. The highest BCUT2D eigenvalue weighted by atomic mass is 16.1. The lowest BCUT2D eigenvalue weighted by Gasteiger charge is -2.06. The first-order valence-electron chi connectivity index (χ1n) is 8.78. The first-order valence-corrected chi connectivity index (χ1v) is 8.78. The Hall–Kier alpha value is -3.54. The number of fused-ring (bicyclic) bond motifs is 3. The van der Waals surface area contributed by atoms with Crippen molar-refractivity contribution >= 4 is 45.0 Å². The van der Waals surface area contributed by atoms with E-state index in [1.54, 1.807) is 24.3 Å². The van der Waals surface area contributed by atoms with Gasteiger partial charge in [0, 0.05) is 39.1 Å². The predicted octanol–water partition coefficient (Wildman–Crippen LogP) is 4.32. The first-order chi connectivity index (χ1) is 12.9. The summed E-state index contributed by atoms with van der Waals surface area (Å²) in [6.45, 7) is 3.76. The first kappa shape index (κ1) is 16.9. The highest BCUT2D eigenvalue weighted by molar-refractivity contribution is 6.12. The Morgan fingerprint density at radius 3 is 2.41 bits per heavy atom. The van der Waals surface area contributed by atoms with Gasteiger partial charge in [0.1, 0.15) is 5.65 Å². The fourth-order valence-corrected chi connectivity index (χ4v) is 3.14. The number of Topliss-reactive ketones (excluding diaryl/α,β-unsaturated/α-hetero) is 1. The number of amides is 1. The van der Waals surface area contributed by atoms with Crippen molar-refractivity contribution in [3.8, 4) is 0 Å². The maximum Gasteiger partial charge on any atom is 0.255 e. The minimum atomic E-state index is -0.198. The third-order valence-corrected chi connectivity index (χ3v) is 4.61. The van der Waals surface area contributed by atoms with E-state index in [1.807, 2.05) is 38.1 Å². The molecule has 0 aliphatic rings. The lowest BCUT2D eigenvalue weighted by molar-refractivity contribution is 0.0934. The van der Waals surface area contributed by atoms with Gasteiger partial charge < -0.3 is 21.0 Å². The van der Waals surface area contributed by atoms with Crippen LogP contribution in [0.4, 0.5) is 11.4 Å². The van der Waals surface area contributed by atoms with Crippen LogP contribution < -0.4 is 11.1 Å². The van der Waals surface area contributed by atoms with E-state index in [0.29, 0.717) is 22.6 Å². The fourth-order valence-electron chi connectivity index (χ4n) is 3.14. The van der Waals surface area contributed by atoms with Gasteiger partial charge in [0.2, 0.25) is 0 Å². The summed E-state index contributed by atoms with van der Waals surface area (Å²) >= 11 is 0. The number of nitrogens with two attached hydrogens (primary N) is 1. The topological polar surface area (TPSA) is 104 Å². The molecule has 0 unspecified atom stereocenters. The largest absolute Gasteiger partial charge is 0.399 e. The number of nitrogen functional groups attached to an aromatic ring is 1. The molecule has 2 aromatic heterocycles. The molecule has 136 valence electrons. The molecule has 1 amide bonds. The Morgan fingerprint density at radius 2 is 1.70 bits per heavy atom. The summed E-state index contributed by atoms with van der Waals surface area (Å²) in [7, 11) is 0. The van der Waals surface area contributed by atoms with Crippen LogP contribution in [0.1, 0.15) is 34.7 Å². The lowest BCUT2D eigenvalue weighted by Crippen LogP contribution is -2.11. The van der Waals surface area contributed by atoms with Crippen molar-refractivity contribution < 1.29 is 9.59 Å². The zero-order valence-corrected chi connectivity index (χ0v) is 15.1. The highest BCUT2D eigenvalue weighted by Gasteiger charge is 2.16. The van der Waals surface area contributed by atoms with Gasteiger partial charge in [0.05, 0.1) is 5.69 Å². The zero-order chi connectivity index (χ0) is 19.1. The van der Waals surface area contributed by atoms with Crippen LogP contribution >= 0.6 is 0 Å². The van der Waals surface area contributed by atoms with Crippen LogP contribution in [0.5, 0.6) is 0 Å². The number of anilines is 2. The van der Waals surface area contributed by atoms with Crippen LogP contribution in [0.3, 0.4) is 0 Å². The number of rotatable bonds is 4. The van der Waals surface area contributed by atoms with Gasteiger partial charge >= 0.3 is 0 Å². The molecule has 2 heterocycles. The van der Waals surface area contributed by atoms with Crippen LogP contribution in [0.25, 0.3) is 21.9 Å². The number of ketones is 1. The third kappa shape index (κ3) is 3.06. The molecule has 0 fully saturated rings. The van der Waals surface area contributed by atoms with Gasteiger partial charge in [-0.3, -0.25) is 9.59 Å². The second kappa shape index (κ2) is 6.32. The molecule has 0 spiro atoms. The van der Waals surface area contributed by atoms with Crippen LogP contribution in [0.2, 0.25) is 0 Å². The number of nitrogens with one attached hydrogen (secondary N) is 3. The second-order valence-electron chi connectivity index (χ2n) is 6.95. The molecule has 6 heteroatoms. The minimum Gasteiger partial charge on any atom is -0.399 e. The average molecular weight is 360 g/mol. The summed E-state index contributed by atoms with van der Waals surface area (Å²) in [5, 5.41) is 4.85. The number of hydrogen-bond donors (Lipinski definition) is 4. The molecule has 2 aromatic carbocycles. The second-order valence-corrected chi connectivity index (χ2v) is 6.95. The third-order valence-electron chi connectivity index (χ3n) is 4.61. The molecular formula is C21H20N4O2. The van der Waals surface area contributed by atoms with E-state index < -0.39 is 0 Å². The molecule has 0 saturated heterocycles. The number of carbonyl (C=O) groups is 2. The minimum absolute atomic E-state index is 0.0610. The average Bonchev–Trinajstić information content (AvgIpc) is 3.18. The Labute approximate surface area is 155 Å². The highest BCUT2D eigenvalue weighted by Crippen LogP contribution is 2.29. The van der Waals surface area contributed by atoms with Crippen LogP contribution in [-0.2, 0) is 0 Å². The van der Waals surface area contributed by atoms with Gasteiger partial charge in [-0.1, -0.05) is 19.9 Å². The molecule has 0 aliphatic carbocycles. The number of hydrogen-bond acceptors (Lipinski definition) is 3. The van der Waals surface area contributed by atoms with Gasteiger partial charge in [-0.15, -0.1) is 0 Å². The summed E-state index contributed by atoms with van der Waals surface area (Å²) in [6, 6.07) is 14.3. The maximum absolute atomic E-state index is 12.4. The van der Waals surface area contributed by atoms with Gasteiger partial charge in [0.15, 0.2) is 5.78 Å². The Bertz CT molecular complexity index is 1170. The van der Waals surface area contributed by atoms with E-state index >= 15 is 0 Å². The molecule has 0 atom stereocenters. The van der Waals surface area contributed by atoms with Gasteiger partial charge in [-0.05, 0) is 42.5 Å². The van der Waals surface area contributed by atoms with E-state index in [2.05, 4.69) is 15.3 Å². The van der Waals surface area contributed by atoms with E-state index in [1.165, 1.54) is 0 Å². The molecule has 0 radical (unpaired) electrons. The lowest BCUT2D eigenvalue weighted by atomic mass is 10.1. The van der Waals surface area contributed by atoms with Gasteiger partial charge in [0.25, 0.3) is 5.91 Å². The van der Waals surface area contributed by atoms with Crippen LogP contribution in [0.15, 0.2) is 48.5 Å². The van der Waals surface area contributed by atoms with Crippen molar-refractivity contribution in [1.82, 2.24) is 9.97 Å². The summed E-state index contributed by atoms with van der Waals surface area (Å²) in [4.78, 5) is 31.0. The fraction of sp³-hybridized carbons (Fsp3) is 0.143. The normalized spacial score (nSPS) is 11.4. The predicted molar refractivity (Wildman–Crippen MR) is 108 cm³/mol. The number of aromatic nitrogens is 2. The summed E-state index contributed by atoms with van der Waals surface area (Å²) in [6.07, 6.45) is 0. The summed E-state index contributed by atoms with van der Waals surface area (Å²) in [5.41, 5.74) is 9.79. The van der Waals surface area contributed by atoms with Crippen LogP contribution in [0, 0.1) is 5.92 Å². The van der Waals surface area contributed by atoms with Gasteiger partial charge in [-0.25, -0.2) is 0 Å². The van der Waals surface area contributed by atoms with Gasteiger partial charge in [-0.2, -0.15) is 0 Å². The molecule has 6 nitrogen and oxygen atoms in total. The van der Waals surface area contributed by atoms with Crippen molar-refractivity contribution in [1.29, 1.82) is 0 Å². The van der Waals surface area contributed by atoms with Crippen molar-refractivity contribution in [3.05, 3.63) is 59.8 Å². The standard InChI is InChI=1S/C21H20N4O2/c1-11(2)19(26)18-10-16-15-8-7-14(9-17(15)24-20(16)25-18)23-21(27)12-3-5-13(22)6-4-12/h3-11,24-25H,22H2,1-2H3,(H,23,27). The van der Waals surface area contributed by atoms with Crippen molar-refractivity contribution in [2.24, 2.45) is 5.92 Å². The molecule has 0 saturated carbocycles. The van der Waals surface area contributed by atoms with Crippen molar-refractivity contribution in [2.45, 2.75) is 13.8 Å². The number of aromatic amines is 2. The number of carbonyl (C=O) groups excluding carboxylic acids is 2. The Balaban J connectivity index is 1.63. The Kier molecular flexibility index (Phi) is 3.96. The van der Waals surface area contributed by atoms with E-state index in [9.17, 15) is 9.59 Å². The Morgan fingerprint density at radius 1 is 0.963 bits per heavy atom. The number of H-pyrrole nitrogens is 2. The molecule has 4 aromatic rings. The summed E-state index contributed by atoms with van der Waals surface area (Å²) < 4.78 is 0. The molecule has 4 rings (SSSR count). The van der Waals surface area contributed by atoms with E-state index in [4.69, 9.17) is 5.73 Å². The maximum atomic E-state index is 12.4. The molecule has 0 bridgehead atoms. The van der Waals surface area contributed by atoms with Crippen molar-refractivity contribution in [3.63, 3.8) is 0 Å². The SMILES string of the molecule is CC(C)C(=O)c1cc2c([nH]1)[nH]c1cc(NC(=O)c3ccc(N)cc3)ccc12.